The Hall–Kier alpha value is -2.43. The summed E-state index contributed by atoms with van der Waals surface area (Å²) in [6.07, 6.45) is -1.23. The number of ether oxygens (including phenoxy) is 4. The average molecular weight is 565 g/mol. The molecule has 0 spiro atoms. The fourth-order valence-electron chi connectivity index (χ4n) is 4.41. The molecule has 1 N–H and O–H groups in total. The molecule has 2 rings (SSSR count). The minimum Gasteiger partial charge on any atom is -0.458 e. The molecule has 10 heteroatoms. The van der Waals surface area contributed by atoms with Gasteiger partial charge in [-0.2, -0.15) is 0 Å². The van der Waals surface area contributed by atoms with Crippen molar-refractivity contribution in [2.24, 2.45) is 5.92 Å². The molecule has 1 aromatic carbocycles. The lowest BCUT2D eigenvalue weighted by Crippen LogP contribution is -2.63. The molecule has 1 aliphatic heterocycles. The zero-order valence-electron chi connectivity index (χ0n) is 25.2. The van der Waals surface area contributed by atoms with Crippen LogP contribution >= 0.6 is 0 Å². The Morgan fingerprint density at radius 1 is 1.10 bits per heavy atom. The molecular formula is C29H48N2O7Si. The number of amides is 2. The summed E-state index contributed by atoms with van der Waals surface area (Å²) in [5.74, 6) is -1.08. The number of nitrogens with zero attached hydrogens (tertiary/aromatic N) is 1. The summed E-state index contributed by atoms with van der Waals surface area (Å²) in [5.41, 5.74) is -1.30. The van der Waals surface area contributed by atoms with Crippen molar-refractivity contribution in [3.8, 4) is 0 Å². The van der Waals surface area contributed by atoms with E-state index in [2.05, 4.69) is 25.0 Å². The highest BCUT2D eigenvalue weighted by molar-refractivity contribution is 6.76. The van der Waals surface area contributed by atoms with Gasteiger partial charge >= 0.3 is 12.1 Å². The van der Waals surface area contributed by atoms with Crippen LogP contribution in [0.15, 0.2) is 30.3 Å². The first kappa shape index (κ1) is 32.8. The lowest BCUT2D eigenvalue weighted by atomic mass is 9.91. The van der Waals surface area contributed by atoms with Crippen LogP contribution in [0.2, 0.25) is 25.7 Å². The van der Waals surface area contributed by atoms with Gasteiger partial charge in [0.05, 0.1) is 6.10 Å². The van der Waals surface area contributed by atoms with E-state index in [1.165, 1.54) is 4.90 Å². The summed E-state index contributed by atoms with van der Waals surface area (Å²) in [4.78, 5) is 41.7. The Balaban J connectivity index is 2.22. The van der Waals surface area contributed by atoms with Crippen LogP contribution in [0, 0.1) is 5.92 Å². The van der Waals surface area contributed by atoms with Gasteiger partial charge in [0.25, 0.3) is 5.91 Å². The van der Waals surface area contributed by atoms with Crippen LogP contribution in [-0.2, 0) is 35.1 Å². The SMILES string of the molecule is CC(C)[C@@H](C(=O)OC(C)(C)C)N1CC[C@](NC(=O)OCc2ccccc2)([C@@H](C)OCOCC[Si](C)(C)C)C1=O. The quantitative estimate of drug-likeness (QED) is 0.156. The van der Waals surface area contributed by atoms with E-state index in [4.69, 9.17) is 18.9 Å². The molecule has 0 unspecified atom stereocenters. The van der Waals surface area contributed by atoms with E-state index >= 15 is 0 Å². The second-order valence-corrected chi connectivity index (χ2v) is 18.4. The Labute approximate surface area is 234 Å². The van der Waals surface area contributed by atoms with E-state index < -0.39 is 49.3 Å². The van der Waals surface area contributed by atoms with Gasteiger partial charge in [-0.15, -0.1) is 0 Å². The molecule has 2 amide bonds. The number of likely N-dealkylation sites (tertiary alicyclic amines) is 1. The Morgan fingerprint density at radius 2 is 1.74 bits per heavy atom. The van der Waals surface area contributed by atoms with E-state index in [1.807, 2.05) is 44.2 Å². The maximum absolute atomic E-state index is 14.0. The van der Waals surface area contributed by atoms with Crippen molar-refractivity contribution in [1.29, 1.82) is 0 Å². The third-order valence-corrected chi connectivity index (χ3v) is 8.34. The second-order valence-electron chi connectivity index (χ2n) is 12.8. The fourth-order valence-corrected chi connectivity index (χ4v) is 5.17. The molecule has 0 radical (unpaired) electrons. The van der Waals surface area contributed by atoms with Gasteiger partial charge in [-0.25, -0.2) is 9.59 Å². The van der Waals surface area contributed by atoms with Crippen molar-refractivity contribution < 1.29 is 33.3 Å². The summed E-state index contributed by atoms with van der Waals surface area (Å²) in [7, 11) is -1.26. The van der Waals surface area contributed by atoms with Crippen molar-refractivity contribution in [2.75, 3.05) is 19.9 Å². The Bertz CT molecular complexity index is 959. The van der Waals surface area contributed by atoms with E-state index in [-0.39, 0.29) is 32.3 Å². The van der Waals surface area contributed by atoms with Crippen LogP contribution in [0.5, 0.6) is 0 Å². The summed E-state index contributed by atoms with van der Waals surface area (Å²) in [6, 6.07) is 9.48. The number of benzene rings is 1. The van der Waals surface area contributed by atoms with Gasteiger partial charge in [-0.3, -0.25) is 4.79 Å². The van der Waals surface area contributed by atoms with Crippen molar-refractivity contribution >= 4 is 26.0 Å². The van der Waals surface area contributed by atoms with Gasteiger partial charge in [-0.1, -0.05) is 63.8 Å². The van der Waals surface area contributed by atoms with Crippen LogP contribution in [0.4, 0.5) is 4.79 Å². The molecule has 9 nitrogen and oxygen atoms in total. The van der Waals surface area contributed by atoms with E-state index in [1.54, 1.807) is 27.7 Å². The third-order valence-electron chi connectivity index (χ3n) is 6.63. The molecule has 0 bridgehead atoms. The van der Waals surface area contributed by atoms with E-state index in [0.29, 0.717) is 6.61 Å². The molecule has 1 fully saturated rings. The first-order chi connectivity index (χ1) is 18.1. The minimum atomic E-state index is -1.43. The molecule has 0 aromatic heterocycles. The van der Waals surface area contributed by atoms with Crippen LogP contribution in [-0.4, -0.2) is 74.2 Å². The highest BCUT2D eigenvalue weighted by Gasteiger charge is 2.56. The molecule has 0 aliphatic carbocycles. The first-order valence-corrected chi connectivity index (χ1v) is 17.5. The summed E-state index contributed by atoms with van der Waals surface area (Å²) in [6.45, 7) is 18.5. The summed E-state index contributed by atoms with van der Waals surface area (Å²) in [5, 5.41) is 2.81. The van der Waals surface area contributed by atoms with Crippen LogP contribution in [0.3, 0.4) is 0 Å². The van der Waals surface area contributed by atoms with Gasteiger partial charge in [0.15, 0.2) is 0 Å². The highest BCUT2D eigenvalue weighted by atomic mass is 28.3. The van der Waals surface area contributed by atoms with Crippen LogP contribution < -0.4 is 5.32 Å². The number of hydrogen-bond donors (Lipinski definition) is 1. The molecule has 3 atom stereocenters. The van der Waals surface area contributed by atoms with Gasteiger partial charge in [-0.05, 0) is 51.6 Å². The molecule has 0 saturated carbocycles. The van der Waals surface area contributed by atoms with Gasteiger partial charge in [0.2, 0.25) is 0 Å². The fraction of sp³-hybridized carbons (Fsp3) is 0.690. The average Bonchev–Trinajstić information content (AvgIpc) is 3.12. The van der Waals surface area contributed by atoms with E-state index in [0.717, 1.165) is 11.6 Å². The predicted molar refractivity (Wildman–Crippen MR) is 153 cm³/mol. The first-order valence-electron chi connectivity index (χ1n) is 13.8. The van der Waals surface area contributed by atoms with Gasteiger partial charge in [0, 0.05) is 21.2 Å². The van der Waals surface area contributed by atoms with E-state index in [9.17, 15) is 14.4 Å². The molecule has 220 valence electrons. The van der Waals surface area contributed by atoms with Gasteiger partial charge in [0.1, 0.15) is 30.6 Å². The van der Waals surface area contributed by atoms with Crippen molar-refractivity contribution in [1.82, 2.24) is 10.2 Å². The van der Waals surface area contributed by atoms with Crippen LogP contribution in [0.1, 0.15) is 53.5 Å². The molecule has 1 aromatic rings. The van der Waals surface area contributed by atoms with Crippen molar-refractivity contribution in [3.63, 3.8) is 0 Å². The number of nitrogens with one attached hydrogen (secondary N) is 1. The third kappa shape index (κ3) is 9.92. The predicted octanol–water partition coefficient (Wildman–Crippen LogP) is 4.97. The molecule has 1 saturated heterocycles. The zero-order chi connectivity index (χ0) is 29.4. The molecule has 39 heavy (non-hydrogen) atoms. The normalized spacial score (nSPS) is 19.6. The largest absolute Gasteiger partial charge is 0.458 e. The van der Waals surface area contributed by atoms with Gasteiger partial charge < -0.3 is 29.2 Å². The Kier molecular flexibility index (Phi) is 11.6. The maximum Gasteiger partial charge on any atom is 0.408 e. The standard InChI is InChI=1S/C29H48N2O7Si/c1-21(2)24(25(32)38-28(4,5)6)31-16-15-29(26(31)33,22(3)37-20-35-17-18-39(7,8)9)30-27(34)36-19-23-13-11-10-12-14-23/h10-14,21-22,24H,15-20H2,1-9H3,(H,30,34)/t22-,24+,29+/m1/s1. The van der Waals surface area contributed by atoms with Crippen molar-refractivity contribution in [3.05, 3.63) is 35.9 Å². The van der Waals surface area contributed by atoms with Crippen molar-refractivity contribution in [2.45, 2.75) is 104 Å². The number of hydrogen-bond acceptors (Lipinski definition) is 7. The molecule has 1 heterocycles. The smallest absolute Gasteiger partial charge is 0.408 e. The monoisotopic (exact) mass is 564 g/mol. The summed E-state index contributed by atoms with van der Waals surface area (Å²) >= 11 is 0. The minimum absolute atomic E-state index is 0.0128. The second kappa shape index (κ2) is 13.8. The molecular weight excluding hydrogens is 516 g/mol. The lowest BCUT2D eigenvalue weighted by Gasteiger charge is -2.36. The van der Waals surface area contributed by atoms with Crippen LogP contribution in [0.25, 0.3) is 0 Å². The molecule has 1 aliphatic rings. The maximum atomic E-state index is 14.0. The lowest BCUT2D eigenvalue weighted by molar-refractivity contribution is -0.168. The number of rotatable bonds is 13. The topological polar surface area (TPSA) is 103 Å². The summed E-state index contributed by atoms with van der Waals surface area (Å²) < 4.78 is 22.8. The number of alkyl carbamates (subject to hydrolysis) is 1. The zero-order valence-corrected chi connectivity index (χ0v) is 26.2. The Morgan fingerprint density at radius 3 is 2.31 bits per heavy atom. The number of carbonyl (C=O) groups excluding carboxylic acids is 3. The number of esters is 1. The highest BCUT2D eigenvalue weighted by Crippen LogP contribution is 2.33. The number of carbonyl (C=O) groups is 3.